The van der Waals surface area contributed by atoms with Gasteiger partial charge in [0.1, 0.15) is 0 Å². The van der Waals surface area contributed by atoms with Crippen LogP contribution in [-0.2, 0) is 4.74 Å². The molecule has 0 aromatic heterocycles. The van der Waals surface area contributed by atoms with Gasteiger partial charge in [-0.1, -0.05) is 0 Å². The normalized spacial score (nSPS) is 19.1. The van der Waals surface area contributed by atoms with Crippen molar-refractivity contribution in [3.05, 3.63) is 0 Å². The summed E-state index contributed by atoms with van der Waals surface area (Å²) in [6.45, 7) is -0.124. The van der Waals surface area contributed by atoms with Crippen LogP contribution in [0.1, 0.15) is 12.8 Å². The van der Waals surface area contributed by atoms with Crippen LogP contribution < -0.4 is 5.32 Å². The van der Waals surface area contributed by atoms with E-state index in [0.717, 1.165) is 25.9 Å². The number of hydrogen-bond acceptors (Lipinski definition) is 2. The van der Waals surface area contributed by atoms with Crippen LogP contribution in [0, 0.1) is 5.92 Å². The van der Waals surface area contributed by atoms with Crippen LogP contribution >= 0.6 is 12.4 Å². The minimum absolute atomic E-state index is 0. The van der Waals surface area contributed by atoms with Gasteiger partial charge in [0.2, 0.25) is 0 Å². The summed E-state index contributed by atoms with van der Waals surface area (Å²) >= 11 is 0. The van der Waals surface area contributed by atoms with Crippen LogP contribution in [0.25, 0.3) is 0 Å². The summed E-state index contributed by atoms with van der Waals surface area (Å²) in [5.41, 5.74) is 0. The summed E-state index contributed by atoms with van der Waals surface area (Å²) in [6.07, 6.45) is -1.95. The molecule has 0 saturated carbocycles. The zero-order chi connectivity index (χ0) is 9.73. The zero-order valence-electron chi connectivity index (χ0n) is 7.77. The second-order valence-corrected chi connectivity index (χ2v) is 3.28. The minimum atomic E-state index is -3.59. The lowest BCUT2D eigenvalue weighted by molar-refractivity contribution is -0.252. The third kappa shape index (κ3) is 5.02. The van der Waals surface area contributed by atoms with Crippen molar-refractivity contribution < 1.29 is 17.9 Å². The maximum Gasteiger partial charge on any atom is 0.384 e. The predicted octanol–water partition coefficient (Wildman–Crippen LogP) is 1.99. The molecule has 1 rings (SSSR count). The smallest absolute Gasteiger partial charge is 0.318 e. The average Bonchev–Trinajstić information content (AvgIpc) is 2.17. The second kappa shape index (κ2) is 6.48. The van der Waals surface area contributed by atoms with Gasteiger partial charge in [-0.15, -0.1) is 12.4 Å². The molecule has 0 aromatic rings. The van der Waals surface area contributed by atoms with E-state index in [2.05, 4.69) is 10.1 Å². The molecule has 0 bridgehead atoms. The molecule has 6 heteroatoms. The van der Waals surface area contributed by atoms with Gasteiger partial charge in [-0.2, -0.15) is 8.78 Å². The lowest BCUT2D eigenvalue weighted by atomic mass is 9.99. The highest BCUT2D eigenvalue weighted by molar-refractivity contribution is 5.85. The molecule has 0 amide bonds. The first-order valence-electron chi connectivity index (χ1n) is 4.42. The van der Waals surface area contributed by atoms with Gasteiger partial charge in [0, 0.05) is 0 Å². The molecular formula is C8H15ClF3NO. The number of halogens is 4. The van der Waals surface area contributed by atoms with Gasteiger partial charge >= 0.3 is 6.11 Å². The number of nitrogens with one attached hydrogen (secondary N) is 1. The van der Waals surface area contributed by atoms with Crippen LogP contribution in [0.3, 0.4) is 0 Å². The highest BCUT2D eigenvalue weighted by atomic mass is 35.5. The summed E-state index contributed by atoms with van der Waals surface area (Å²) in [6, 6.07) is 0. The van der Waals surface area contributed by atoms with Crippen molar-refractivity contribution in [1.82, 2.24) is 5.32 Å². The van der Waals surface area contributed by atoms with Crippen LogP contribution in [0.5, 0.6) is 0 Å². The average molecular weight is 234 g/mol. The summed E-state index contributed by atoms with van der Waals surface area (Å²) in [5, 5.41) is 3.11. The topological polar surface area (TPSA) is 21.3 Å². The summed E-state index contributed by atoms with van der Waals surface area (Å²) in [5.74, 6) is 0.138. The van der Waals surface area contributed by atoms with Crippen LogP contribution in [0.2, 0.25) is 0 Å². The molecule has 86 valence electrons. The lowest BCUT2D eigenvalue weighted by Crippen LogP contribution is -2.33. The molecule has 1 aliphatic heterocycles. The Kier molecular flexibility index (Phi) is 6.48. The van der Waals surface area contributed by atoms with Crippen molar-refractivity contribution >= 4 is 12.4 Å². The number of rotatable bonds is 4. The van der Waals surface area contributed by atoms with E-state index in [9.17, 15) is 13.2 Å². The molecule has 1 fully saturated rings. The molecule has 2 nitrogen and oxygen atoms in total. The Hall–Kier alpha value is -0.0000000000000000416. The third-order valence-electron chi connectivity index (χ3n) is 2.14. The van der Waals surface area contributed by atoms with Crippen molar-refractivity contribution in [1.29, 1.82) is 0 Å². The highest BCUT2D eigenvalue weighted by Gasteiger charge is 2.31. The van der Waals surface area contributed by atoms with Crippen LogP contribution in [0.4, 0.5) is 13.2 Å². The van der Waals surface area contributed by atoms with Gasteiger partial charge in [0.25, 0.3) is 0 Å². The van der Waals surface area contributed by atoms with Crippen LogP contribution in [0.15, 0.2) is 0 Å². The summed E-state index contributed by atoms with van der Waals surface area (Å²) < 4.78 is 40.4. The molecule has 1 aliphatic rings. The van der Waals surface area contributed by atoms with E-state index in [1.54, 1.807) is 0 Å². The van der Waals surface area contributed by atoms with Crippen molar-refractivity contribution in [3.8, 4) is 0 Å². The number of piperidine rings is 1. The molecule has 0 radical (unpaired) electrons. The van der Waals surface area contributed by atoms with Crippen molar-refractivity contribution in [3.63, 3.8) is 0 Å². The van der Waals surface area contributed by atoms with E-state index >= 15 is 0 Å². The first-order chi connectivity index (χ1) is 6.14. The quantitative estimate of drug-likeness (QED) is 0.802. The highest BCUT2D eigenvalue weighted by Crippen LogP contribution is 2.20. The number of ether oxygens (including phenoxy) is 1. The molecular weight excluding hydrogens is 219 g/mol. The molecule has 0 unspecified atom stereocenters. The SMILES string of the molecule is Cl.FCC(F)(F)OCC1CCNCC1. The van der Waals surface area contributed by atoms with Gasteiger partial charge < -0.3 is 10.1 Å². The van der Waals surface area contributed by atoms with Crippen LogP contribution in [-0.4, -0.2) is 32.5 Å². The van der Waals surface area contributed by atoms with Crippen molar-refractivity contribution in [2.75, 3.05) is 26.4 Å². The zero-order valence-corrected chi connectivity index (χ0v) is 8.59. The van der Waals surface area contributed by atoms with Gasteiger partial charge in [0.15, 0.2) is 6.67 Å². The predicted molar refractivity (Wildman–Crippen MR) is 49.7 cm³/mol. The summed E-state index contributed by atoms with van der Waals surface area (Å²) in [4.78, 5) is 0. The lowest BCUT2D eigenvalue weighted by Gasteiger charge is -2.24. The first-order valence-corrected chi connectivity index (χ1v) is 4.42. The van der Waals surface area contributed by atoms with Crippen molar-refractivity contribution in [2.45, 2.75) is 19.0 Å². The fourth-order valence-electron chi connectivity index (χ4n) is 1.33. The summed E-state index contributed by atoms with van der Waals surface area (Å²) in [7, 11) is 0. The fraction of sp³-hybridized carbons (Fsp3) is 1.00. The molecule has 1 heterocycles. The van der Waals surface area contributed by atoms with E-state index in [1.807, 2.05) is 0 Å². The largest absolute Gasteiger partial charge is 0.384 e. The van der Waals surface area contributed by atoms with E-state index < -0.39 is 12.8 Å². The van der Waals surface area contributed by atoms with E-state index in [-0.39, 0.29) is 24.9 Å². The van der Waals surface area contributed by atoms with Gasteiger partial charge in [-0.25, -0.2) is 4.39 Å². The van der Waals surface area contributed by atoms with E-state index in [4.69, 9.17) is 0 Å². The Balaban J connectivity index is 0.00000169. The standard InChI is InChI=1S/C8H14F3NO.ClH/c9-6-8(10,11)13-5-7-1-3-12-4-2-7;/h7,12H,1-6H2;1H. The Morgan fingerprint density at radius 1 is 1.29 bits per heavy atom. The molecule has 1 saturated heterocycles. The molecule has 14 heavy (non-hydrogen) atoms. The van der Waals surface area contributed by atoms with E-state index in [1.165, 1.54) is 0 Å². The third-order valence-corrected chi connectivity index (χ3v) is 2.14. The Bertz CT molecular complexity index is 154. The molecule has 0 atom stereocenters. The molecule has 0 aromatic carbocycles. The molecule has 0 spiro atoms. The molecule has 0 aliphatic carbocycles. The molecule has 1 N–H and O–H groups in total. The monoisotopic (exact) mass is 233 g/mol. The maximum absolute atomic E-state index is 12.3. The van der Waals surface area contributed by atoms with E-state index in [0.29, 0.717) is 0 Å². The van der Waals surface area contributed by atoms with Gasteiger partial charge in [-0.05, 0) is 31.8 Å². The van der Waals surface area contributed by atoms with Gasteiger partial charge in [-0.3, -0.25) is 0 Å². The Labute approximate surface area is 87.6 Å². The fourth-order valence-corrected chi connectivity index (χ4v) is 1.33. The number of alkyl halides is 3. The van der Waals surface area contributed by atoms with Gasteiger partial charge in [0.05, 0.1) is 6.61 Å². The van der Waals surface area contributed by atoms with Crippen molar-refractivity contribution in [2.24, 2.45) is 5.92 Å². The first kappa shape index (κ1) is 14.0. The Morgan fingerprint density at radius 3 is 2.36 bits per heavy atom. The minimum Gasteiger partial charge on any atom is -0.318 e. The number of hydrogen-bond donors (Lipinski definition) is 1. The second-order valence-electron chi connectivity index (χ2n) is 3.28. The maximum atomic E-state index is 12.3. The Morgan fingerprint density at radius 2 is 1.86 bits per heavy atom.